The molecule has 0 aliphatic carbocycles. The monoisotopic (exact) mass is 506 g/mol. The van der Waals surface area contributed by atoms with E-state index in [9.17, 15) is 21.6 Å². The Morgan fingerprint density at radius 1 is 1.12 bits per heavy atom. The van der Waals surface area contributed by atoms with Gasteiger partial charge in [-0.05, 0) is 36.4 Å². The summed E-state index contributed by atoms with van der Waals surface area (Å²) in [7, 11) is -8.31. The van der Waals surface area contributed by atoms with Crippen LogP contribution in [-0.4, -0.2) is 59.2 Å². The van der Waals surface area contributed by atoms with Crippen LogP contribution in [-0.2, 0) is 20.2 Å². The molecule has 0 bridgehead atoms. The Kier molecular flexibility index (Phi) is 6.23. The van der Waals surface area contributed by atoms with Crippen LogP contribution >= 0.6 is 0 Å². The largest absolute Gasteiger partial charge is 0.379 e. The fourth-order valence-corrected chi connectivity index (χ4v) is 4.20. The number of fused-ring (bicyclic) bond motifs is 1. The van der Waals surface area contributed by atoms with Gasteiger partial charge >= 0.3 is 16.1 Å². The minimum atomic E-state index is -4.20. The molecule has 0 unspecified atom stereocenters. The SMILES string of the molecule is O=C(NCCS(=O)(=O)O)Nc1nc2ccc(OS(=O)(=O)c3ccc(-n4ccnc4)cc3)cc2[nH]1. The molecule has 13 nitrogen and oxygen atoms in total. The van der Waals surface area contributed by atoms with Crippen molar-refractivity contribution in [1.29, 1.82) is 0 Å². The van der Waals surface area contributed by atoms with Gasteiger partial charge in [-0.2, -0.15) is 16.8 Å². The van der Waals surface area contributed by atoms with Crippen LogP contribution in [0.5, 0.6) is 5.75 Å². The van der Waals surface area contributed by atoms with Crippen LogP contribution < -0.4 is 14.8 Å². The normalized spacial score (nSPS) is 11.9. The van der Waals surface area contributed by atoms with E-state index in [1.165, 1.54) is 30.3 Å². The number of amides is 2. The summed E-state index contributed by atoms with van der Waals surface area (Å²) >= 11 is 0. The molecule has 2 aromatic heterocycles. The number of carbonyl (C=O) groups is 1. The quantitative estimate of drug-likeness (QED) is 0.203. The van der Waals surface area contributed by atoms with Gasteiger partial charge in [0, 0.05) is 30.7 Å². The van der Waals surface area contributed by atoms with E-state index in [2.05, 4.69) is 25.6 Å². The van der Waals surface area contributed by atoms with Crippen LogP contribution in [0.15, 0.2) is 66.1 Å². The minimum Gasteiger partial charge on any atom is -0.379 e. The number of H-pyrrole nitrogens is 1. The Bertz CT molecular complexity index is 1530. The first kappa shape index (κ1) is 23.2. The third-order valence-corrected chi connectivity index (χ3v) is 6.45. The maximum atomic E-state index is 12.7. The highest BCUT2D eigenvalue weighted by Crippen LogP contribution is 2.24. The molecular formula is C19H18N6O7S2. The number of carbonyl (C=O) groups excluding carboxylic acids is 1. The summed E-state index contributed by atoms with van der Waals surface area (Å²) in [5, 5.41) is 4.62. The molecule has 0 aliphatic rings. The van der Waals surface area contributed by atoms with Crippen molar-refractivity contribution in [2.45, 2.75) is 4.90 Å². The molecule has 34 heavy (non-hydrogen) atoms. The summed E-state index contributed by atoms with van der Waals surface area (Å²) in [6.45, 7) is -0.302. The maximum absolute atomic E-state index is 12.7. The van der Waals surface area contributed by atoms with Gasteiger partial charge < -0.3 is 19.1 Å². The second-order valence-electron chi connectivity index (χ2n) is 6.93. The Labute approximate surface area is 193 Å². The van der Waals surface area contributed by atoms with Crippen molar-refractivity contribution in [3.05, 3.63) is 61.2 Å². The zero-order valence-corrected chi connectivity index (χ0v) is 18.9. The van der Waals surface area contributed by atoms with Crippen molar-refractivity contribution in [2.75, 3.05) is 17.6 Å². The van der Waals surface area contributed by atoms with Gasteiger partial charge in [0.2, 0.25) is 5.95 Å². The van der Waals surface area contributed by atoms with Crippen LogP contribution in [0, 0.1) is 0 Å². The fourth-order valence-electron chi connectivity index (χ4n) is 2.92. The first-order chi connectivity index (χ1) is 16.1. The Hall–Kier alpha value is -3.95. The maximum Gasteiger partial charge on any atom is 0.339 e. The van der Waals surface area contributed by atoms with Gasteiger partial charge in [0.15, 0.2) is 0 Å². The number of urea groups is 1. The Balaban J connectivity index is 1.43. The van der Waals surface area contributed by atoms with Crippen molar-refractivity contribution in [1.82, 2.24) is 24.8 Å². The molecule has 2 heterocycles. The lowest BCUT2D eigenvalue weighted by atomic mass is 10.3. The molecule has 4 rings (SSSR count). The molecule has 2 amide bonds. The molecule has 4 N–H and O–H groups in total. The zero-order valence-electron chi connectivity index (χ0n) is 17.2. The molecule has 15 heteroatoms. The van der Waals surface area contributed by atoms with Gasteiger partial charge in [0.1, 0.15) is 10.6 Å². The van der Waals surface area contributed by atoms with Crippen molar-refractivity contribution in [3.63, 3.8) is 0 Å². The average Bonchev–Trinajstić information content (AvgIpc) is 3.42. The molecule has 0 fully saturated rings. The van der Waals surface area contributed by atoms with Crippen molar-refractivity contribution in [3.8, 4) is 11.4 Å². The number of rotatable bonds is 8. The second-order valence-corrected chi connectivity index (χ2v) is 10.1. The van der Waals surface area contributed by atoms with Crippen molar-refractivity contribution in [2.24, 2.45) is 0 Å². The number of hydrogen-bond donors (Lipinski definition) is 4. The first-order valence-electron chi connectivity index (χ1n) is 9.62. The number of hydrogen-bond acceptors (Lipinski definition) is 8. The summed E-state index contributed by atoms with van der Waals surface area (Å²) in [6, 6.07) is 9.65. The lowest BCUT2D eigenvalue weighted by Gasteiger charge is -2.08. The Morgan fingerprint density at radius 2 is 1.88 bits per heavy atom. The van der Waals surface area contributed by atoms with Crippen LogP contribution in [0.25, 0.3) is 16.7 Å². The number of aromatic nitrogens is 4. The molecule has 0 saturated heterocycles. The van der Waals surface area contributed by atoms with E-state index < -0.39 is 32.0 Å². The third-order valence-electron chi connectivity index (χ3n) is 4.46. The van der Waals surface area contributed by atoms with E-state index >= 15 is 0 Å². The van der Waals surface area contributed by atoms with E-state index in [4.69, 9.17) is 8.74 Å². The number of nitrogens with one attached hydrogen (secondary N) is 3. The van der Waals surface area contributed by atoms with Gasteiger partial charge in [0.05, 0.1) is 23.1 Å². The zero-order chi connectivity index (χ0) is 24.3. The van der Waals surface area contributed by atoms with E-state index in [0.717, 1.165) is 5.69 Å². The smallest absolute Gasteiger partial charge is 0.339 e. The highest BCUT2D eigenvalue weighted by Gasteiger charge is 2.18. The van der Waals surface area contributed by atoms with Crippen molar-refractivity contribution < 1.29 is 30.4 Å². The van der Waals surface area contributed by atoms with Gasteiger partial charge in [-0.1, -0.05) is 0 Å². The molecule has 2 aromatic carbocycles. The van der Waals surface area contributed by atoms with Gasteiger partial charge in [0.25, 0.3) is 10.1 Å². The molecule has 0 spiro atoms. The van der Waals surface area contributed by atoms with Crippen molar-refractivity contribution >= 4 is 43.2 Å². The van der Waals surface area contributed by atoms with E-state index in [0.29, 0.717) is 11.0 Å². The third kappa shape index (κ3) is 5.69. The lowest BCUT2D eigenvalue weighted by molar-refractivity contribution is 0.252. The number of anilines is 1. The number of benzene rings is 2. The van der Waals surface area contributed by atoms with Crippen LogP contribution in [0.3, 0.4) is 0 Å². The summed E-state index contributed by atoms with van der Waals surface area (Å²) in [4.78, 5) is 22.6. The van der Waals surface area contributed by atoms with Crippen LogP contribution in [0.2, 0.25) is 0 Å². The summed E-state index contributed by atoms with van der Waals surface area (Å²) < 4.78 is 62.3. The number of aromatic amines is 1. The number of nitrogens with zero attached hydrogens (tertiary/aromatic N) is 3. The van der Waals surface area contributed by atoms with Crippen LogP contribution in [0.1, 0.15) is 0 Å². The topological polar surface area (TPSA) is 185 Å². The summed E-state index contributed by atoms with van der Waals surface area (Å²) in [5.74, 6) is -0.574. The second kappa shape index (κ2) is 9.12. The van der Waals surface area contributed by atoms with Gasteiger partial charge in [-0.15, -0.1) is 0 Å². The predicted molar refractivity (Wildman–Crippen MR) is 121 cm³/mol. The molecule has 0 saturated carbocycles. The molecule has 178 valence electrons. The van der Waals surface area contributed by atoms with Crippen LogP contribution in [0.4, 0.5) is 10.7 Å². The Morgan fingerprint density at radius 3 is 2.56 bits per heavy atom. The summed E-state index contributed by atoms with van der Waals surface area (Å²) in [6.07, 6.45) is 4.93. The number of imidazole rings is 2. The standard InChI is InChI=1S/C19H18N6O7S2/c26-19(21-8-10-33(27,28)29)24-18-22-16-6-3-14(11-17(16)23-18)32-34(30,31)15-4-1-13(2-5-15)25-9-7-20-12-25/h1-7,9,11-12H,8,10H2,(H,27,28,29)(H3,21,22,23,24,26). The van der Waals surface area contributed by atoms with E-state index in [-0.39, 0.29) is 23.1 Å². The highest BCUT2D eigenvalue weighted by atomic mass is 32.2. The van der Waals surface area contributed by atoms with Gasteiger partial charge in [-0.25, -0.2) is 14.8 Å². The predicted octanol–water partition coefficient (Wildman–Crippen LogP) is 1.53. The summed E-state index contributed by atoms with van der Waals surface area (Å²) in [5.41, 5.74) is 1.54. The molecular weight excluding hydrogens is 488 g/mol. The van der Waals surface area contributed by atoms with E-state index in [1.54, 1.807) is 35.4 Å². The fraction of sp³-hybridized carbons (Fsp3) is 0.105. The van der Waals surface area contributed by atoms with E-state index in [1.807, 2.05) is 0 Å². The molecule has 0 aliphatic heterocycles. The lowest BCUT2D eigenvalue weighted by Crippen LogP contribution is -2.33. The molecule has 0 atom stereocenters. The van der Waals surface area contributed by atoms with Gasteiger partial charge in [-0.3, -0.25) is 9.87 Å². The highest BCUT2D eigenvalue weighted by molar-refractivity contribution is 7.87. The molecule has 0 radical (unpaired) electrons. The molecule has 4 aromatic rings. The first-order valence-corrected chi connectivity index (χ1v) is 12.6. The minimum absolute atomic E-state index is 0.0268. The average molecular weight is 507 g/mol.